The zero-order valence-corrected chi connectivity index (χ0v) is 22.3. The Bertz CT molecular complexity index is 1380. The van der Waals surface area contributed by atoms with Crippen LogP contribution in [-0.2, 0) is 41.5 Å². The standard InChI is InChI=1S/C29H30N5O7/c30-27(37)20-12-16(3-7-32-20)10-18(28(38)33-8-4-23-25(33)21(35)14-40-23)19(11-17-2-1-6-31-13-17)29(39)34-9-5-24-26(34)22(36)15-41-24/h1-3,6-7,12-13,18,23-26H,4-5,8-11,14-15H2,(H2,30,37). The minimum Gasteiger partial charge on any atom is -0.368 e. The number of hydrogen-bond donors (Lipinski definition) is 1. The molecule has 0 aliphatic carbocycles. The molecule has 0 bridgehead atoms. The lowest BCUT2D eigenvalue weighted by Crippen LogP contribution is -2.51. The molecule has 0 aromatic carbocycles. The SMILES string of the molecule is NC(=O)c1cc(CC([C](Cc2cccnc2)C(=O)N2CCC3OCC(=O)C32)C(=O)N2CCC3OCC(=O)C32)ccn1. The lowest BCUT2D eigenvalue weighted by Gasteiger charge is -2.34. The molecule has 5 atom stereocenters. The second-order valence-electron chi connectivity index (χ2n) is 10.9. The summed E-state index contributed by atoms with van der Waals surface area (Å²) in [5.74, 6) is -2.58. The number of amides is 3. The van der Waals surface area contributed by atoms with Crippen LogP contribution in [0.2, 0.25) is 0 Å². The summed E-state index contributed by atoms with van der Waals surface area (Å²) in [6, 6.07) is 5.32. The Morgan fingerprint density at radius 2 is 1.63 bits per heavy atom. The zero-order valence-electron chi connectivity index (χ0n) is 22.3. The largest absolute Gasteiger partial charge is 0.368 e. The molecule has 41 heavy (non-hydrogen) atoms. The van der Waals surface area contributed by atoms with Crippen LogP contribution in [0, 0.1) is 11.8 Å². The van der Waals surface area contributed by atoms with E-state index in [4.69, 9.17) is 15.2 Å². The van der Waals surface area contributed by atoms with Crippen molar-refractivity contribution in [1.29, 1.82) is 0 Å². The maximum absolute atomic E-state index is 14.4. The summed E-state index contributed by atoms with van der Waals surface area (Å²) >= 11 is 0. The average Bonchev–Trinajstić information content (AvgIpc) is 3.75. The third kappa shape index (κ3) is 5.13. The van der Waals surface area contributed by atoms with Crippen molar-refractivity contribution in [3.05, 3.63) is 65.6 Å². The number of carbonyl (C=O) groups excluding carboxylic acids is 5. The van der Waals surface area contributed by atoms with E-state index in [1.807, 2.05) is 6.07 Å². The Hall–Kier alpha value is -4.03. The molecular formula is C29H30N5O7. The Balaban J connectivity index is 1.40. The number of nitrogens with zero attached hydrogens (tertiary/aromatic N) is 4. The number of carbonyl (C=O) groups is 5. The van der Waals surface area contributed by atoms with Gasteiger partial charge in [-0.25, -0.2) is 0 Å². The van der Waals surface area contributed by atoms with E-state index >= 15 is 0 Å². The molecule has 4 aliphatic heterocycles. The van der Waals surface area contributed by atoms with Crippen LogP contribution < -0.4 is 5.73 Å². The van der Waals surface area contributed by atoms with Gasteiger partial charge in [-0.3, -0.25) is 33.9 Å². The van der Waals surface area contributed by atoms with Crippen LogP contribution in [-0.4, -0.2) is 99.7 Å². The van der Waals surface area contributed by atoms with Crippen molar-refractivity contribution in [3.63, 3.8) is 0 Å². The van der Waals surface area contributed by atoms with E-state index in [1.54, 1.807) is 24.5 Å². The highest BCUT2D eigenvalue weighted by Crippen LogP contribution is 2.36. The van der Waals surface area contributed by atoms with Gasteiger partial charge in [-0.15, -0.1) is 0 Å². The molecule has 3 amide bonds. The predicted octanol–water partition coefficient (Wildman–Crippen LogP) is -0.311. The lowest BCUT2D eigenvalue weighted by atomic mass is 9.80. The minimum absolute atomic E-state index is 0.0329. The second kappa shape index (κ2) is 11.1. The molecule has 4 fully saturated rings. The molecule has 12 nitrogen and oxygen atoms in total. The third-order valence-corrected chi connectivity index (χ3v) is 8.40. The van der Waals surface area contributed by atoms with Gasteiger partial charge in [-0.1, -0.05) is 6.07 Å². The fourth-order valence-corrected chi connectivity index (χ4v) is 6.45. The molecule has 4 saturated heterocycles. The summed E-state index contributed by atoms with van der Waals surface area (Å²) in [7, 11) is 0. The molecule has 0 spiro atoms. The topological polar surface area (TPSA) is 162 Å². The van der Waals surface area contributed by atoms with Crippen molar-refractivity contribution < 1.29 is 33.4 Å². The highest BCUT2D eigenvalue weighted by molar-refractivity contribution is 6.02. The van der Waals surface area contributed by atoms with E-state index in [0.29, 0.717) is 37.1 Å². The number of Topliss-reactive ketones (excluding diaryl/α,β-unsaturated/α-hetero) is 2. The van der Waals surface area contributed by atoms with Gasteiger partial charge in [-0.05, 0) is 55.0 Å². The number of primary amides is 1. The van der Waals surface area contributed by atoms with Gasteiger partial charge in [0.15, 0.2) is 11.6 Å². The molecule has 2 aromatic heterocycles. The molecule has 2 N–H and O–H groups in total. The summed E-state index contributed by atoms with van der Waals surface area (Å²) < 4.78 is 11.2. The summed E-state index contributed by atoms with van der Waals surface area (Å²) in [6.45, 7) is 0.527. The fraction of sp³-hybridized carbons (Fsp3) is 0.448. The predicted molar refractivity (Wildman–Crippen MR) is 141 cm³/mol. The monoisotopic (exact) mass is 560 g/mol. The number of hydrogen-bond acceptors (Lipinski definition) is 9. The molecule has 6 heterocycles. The van der Waals surface area contributed by atoms with Crippen LogP contribution >= 0.6 is 0 Å². The first kappa shape index (κ1) is 27.2. The number of ether oxygens (including phenoxy) is 2. The van der Waals surface area contributed by atoms with Gasteiger partial charge >= 0.3 is 0 Å². The molecule has 5 unspecified atom stereocenters. The Labute approximate surface area is 236 Å². The van der Waals surface area contributed by atoms with Crippen LogP contribution in [0.5, 0.6) is 0 Å². The maximum Gasteiger partial charge on any atom is 0.267 e. The molecule has 2 aromatic rings. The number of rotatable bonds is 8. The van der Waals surface area contributed by atoms with Crippen LogP contribution in [0.15, 0.2) is 42.9 Å². The minimum atomic E-state index is -1.01. The molecule has 12 heteroatoms. The first-order valence-corrected chi connectivity index (χ1v) is 13.7. The van der Waals surface area contributed by atoms with Gasteiger partial charge in [0, 0.05) is 31.7 Å². The molecule has 4 aliphatic rings. The van der Waals surface area contributed by atoms with Gasteiger partial charge in [0.05, 0.1) is 24.0 Å². The summed E-state index contributed by atoms with van der Waals surface area (Å²) in [4.78, 5) is 77.3. The van der Waals surface area contributed by atoms with Crippen molar-refractivity contribution in [1.82, 2.24) is 19.8 Å². The summed E-state index contributed by atoms with van der Waals surface area (Å²) in [5.41, 5.74) is 6.78. The number of ketones is 2. The maximum atomic E-state index is 14.4. The summed E-state index contributed by atoms with van der Waals surface area (Å²) in [5, 5.41) is 0. The van der Waals surface area contributed by atoms with Gasteiger partial charge in [0.2, 0.25) is 11.8 Å². The number of aromatic nitrogens is 2. The number of fused-ring (bicyclic) bond motifs is 2. The van der Waals surface area contributed by atoms with Crippen molar-refractivity contribution in [3.8, 4) is 0 Å². The normalized spacial score (nSPS) is 26.0. The van der Waals surface area contributed by atoms with E-state index < -0.39 is 29.8 Å². The number of likely N-dealkylation sites (tertiary alicyclic amines) is 2. The Morgan fingerprint density at radius 1 is 0.951 bits per heavy atom. The fourth-order valence-electron chi connectivity index (χ4n) is 6.45. The van der Waals surface area contributed by atoms with Crippen LogP contribution in [0.3, 0.4) is 0 Å². The highest BCUT2D eigenvalue weighted by atomic mass is 16.5. The third-order valence-electron chi connectivity index (χ3n) is 8.40. The van der Waals surface area contributed by atoms with Gasteiger partial charge < -0.3 is 25.0 Å². The molecule has 6 rings (SSSR count). The van der Waals surface area contributed by atoms with Crippen LogP contribution in [0.1, 0.15) is 34.5 Å². The quantitative estimate of drug-likeness (QED) is 0.456. The van der Waals surface area contributed by atoms with Crippen molar-refractivity contribution in [2.45, 2.75) is 50.0 Å². The van der Waals surface area contributed by atoms with Gasteiger partial charge in [-0.2, -0.15) is 0 Å². The number of nitrogens with two attached hydrogens (primary N) is 1. The van der Waals surface area contributed by atoms with E-state index in [0.717, 1.165) is 0 Å². The molecule has 213 valence electrons. The smallest absolute Gasteiger partial charge is 0.267 e. The van der Waals surface area contributed by atoms with E-state index in [9.17, 15) is 24.0 Å². The van der Waals surface area contributed by atoms with Gasteiger partial charge in [0.1, 0.15) is 31.0 Å². The summed E-state index contributed by atoms with van der Waals surface area (Å²) in [6.07, 6.45) is 5.13. The van der Waals surface area contributed by atoms with Crippen LogP contribution in [0.4, 0.5) is 0 Å². The average molecular weight is 561 g/mol. The Morgan fingerprint density at radius 3 is 2.29 bits per heavy atom. The molecular weight excluding hydrogens is 530 g/mol. The lowest BCUT2D eigenvalue weighted by molar-refractivity contribution is -0.143. The van der Waals surface area contributed by atoms with Crippen molar-refractivity contribution in [2.75, 3.05) is 26.3 Å². The van der Waals surface area contributed by atoms with Crippen LogP contribution in [0.25, 0.3) is 0 Å². The second-order valence-corrected chi connectivity index (χ2v) is 10.9. The zero-order chi connectivity index (χ0) is 28.7. The number of pyridine rings is 2. The molecule has 1 radical (unpaired) electrons. The first-order valence-electron chi connectivity index (χ1n) is 13.7. The first-order chi connectivity index (χ1) is 19.8. The Kier molecular flexibility index (Phi) is 7.35. The highest BCUT2D eigenvalue weighted by Gasteiger charge is 2.52. The van der Waals surface area contributed by atoms with Gasteiger partial charge in [0.25, 0.3) is 5.91 Å². The van der Waals surface area contributed by atoms with E-state index in [2.05, 4.69) is 9.97 Å². The molecule has 0 saturated carbocycles. The van der Waals surface area contributed by atoms with E-state index in [1.165, 1.54) is 22.1 Å². The van der Waals surface area contributed by atoms with Crippen molar-refractivity contribution in [2.24, 2.45) is 11.7 Å². The van der Waals surface area contributed by atoms with Crippen molar-refractivity contribution >= 4 is 29.3 Å². The van der Waals surface area contributed by atoms with E-state index in [-0.39, 0.29) is 67.3 Å².